The number of piperidine rings is 1. The first kappa shape index (κ1) is 28.7. The molecule has 10 heteroatoms. The smallest absolute Gasteiger partial charge is 0.199 e. The van der Waals surface area contributed by atoms with E-state index in [0.717, 1.165) is 59.1 Å². The van der Waals surface area contributed by atoms with Crippen LogP contribution in [0.1, 0.15) is 30.0 Å². The van der Waals surface area contributed by atoms with E-state index in [-0.39, 0.29) is 30.8 Å². The highest BCUT2D eigenvalue weighted by Gasteiger charge is 2.24. The van der Waals surface area contributed by atoms with Gasteiger partial charge in [0.15, 0.2) is 17.4 Å². The second kappa shape index (κ2) is 11.7. The number of aliphatic hydroxyl groups excluding tert-OH is 1. The molecule has 1 saturated heterocycles. The average molecular weight is 586 g/mol. The molecule has 0 bridgehead atoms. The van der Waals surface area contributed by atoms with Crippen LogP contribution in [0, 0.1) is 13.8 Å². The van der Waals surface area contributed by atoms with Crippen molar-refractivity contribution in [3.05, 3.63) is 59.8 Å². The number of methoxy groups -OCH3 is 1. The van der Waals surface area contributed by atoms with Gasteiger partial charge in [0.25, 0.3) is 0 Å². The quantitative estimate of drug-likeness (QED) is 0.157. The molecule has 6 rings (SSSR count). The Morgan fingerprint density at radius 3 is 2.58 bits per heavy atom. The highest BCUT2D eigenvalue weighted by Crippen LogP contribution is 2.43. The lowest BCUT2D eigenvalue weighted by Crippen LogP contribution is -2.31. The van der Waals surface area contributed by atoms with Crippen LogP contribution < -0.4 is 14.8 Å². The number of aromatic nitrogens is 3. The summed E-state index contributed by atoms with van der Waals surface area (Å²) in [7, 11) is 3.62. The van der Waals surface area contributed by atoms with E-state index in [9.17, 15) is 15.3 Å². The average Bonchev–Trinajstić information content (AvgIpc) is 3.54. The maximum absolute atomic E-state index is 11.2. The van der Waals surface area contributed by atoms with E-state index >= 15 is 0 Å². The number of benzene rings is 3. The normalized spacial score (nSPS) is 15.3. The van der Waals surface area contributed by atoms with Crippen molar-refractivity contribution in [1.82, 2.24) is 19.4 Å². The van der Waals surface area contributed by atoms with E-state index < -0.39 is 6.10 Å². The third kappa shape index (κ3) is 5.68. The fourth-order valence-electron chi connectivity index (χ4n) is 5.95. The monoisotopic (exact) mass is 585 g/mol. The second-order valence-corrected chi connectivity index (χ2v) is 11.6. The molecule has 5 N–H and O–H groups in total. The molecule has 1 atom stereocenters. The van der Waals surface area contributed by atoms with Crippen LogP contribution in [0.3, 0.4) is 0 Å². The second-order valence-electron chi connectivity index (χ2n) is 11.6. The standard InChI is InChI=1S/C33H39N5O5/c1-19-5-7-28(20(2)13-19)43-18-23(39)16-34-25-6-8-29(42-4)31(40)30(25)32-35-26-14-21-17-38(22-9-11-37(3)12-10-22)33(41)24(21)15-27(26)36-32/h5-8,13-15,17,22-23,34,39-41H,9-12,16,18H2,1-4H3,(H,35,36)/t23-/m1/s1. The number of H-pyrrole nitrogens is 1. The Labute approximate surface area is 250 Å². The lowest BCUT2D eigenvalue weighted by Gasteiger charge is -2.30. The van der Waals surface area contributed by atoms with E-state index in [0.29, 0.717) is 28.3 Å². The highest BCUT2D eigenvalue weighted by molar-refractivity contribution is 5.99. The van der Waals surface area contributed by atoms with Gasteiger partial charge in [0, 0.05) is 35.2 Å². The Morgan fingerprint density at radius 1 is 1.07 bits per heavy atom. The number of imidazole rings is 1. The Balaban J connectivity index is 1.25. The van der Waals surface area contributed by atoms with Gasteiger partial charge in [0.1, 0.15) is 24.3 Å². The van der Waals surface area contributed by atoms with Gasteiger partial charge in [-0.2, -0.15) is 0 Å². The molecule has 0 amide bonds. The molecular formula is C33H39N5O5. The summed E-state index contributed by atoms with van der Waals surface area (Å²) in [5.74, 6) is 1.64. The molecule has 0 unspecified atom stereocenters. The summed E-state index contributed by atoms with van der Waals surface area (Å²) < 4.78 is 13.2. The molecule has 0 saturated carbocycles. The van der Waals surface area contributed by atoms with Crippen molar-refractivity contribution in [1.29, 1.82) is 0 Å². The maximum Gasteiger partial charge on any atom is 0.199 e. The molecule has 0 spiro atoms. The number of fused-ring (bicyclic) bond motifs is 2. The van der Waals surface area contributed by atoms with Crippen LogP contribution >= 0.6 is 0 Å². The molecule has 1 aliphatic rings. The summed E-state index contributed by atoms with van der Waals surface area (Å²) in [4.78, 5) is 10.5. The Hall–Kier alpha value is -4.41. The summed E-state index contributed by atoms with van der Waals surface area (Å²) >= 11 is 0. The van der Waals surface area contributed by atoms with Gasteiger partial charge in [-0.3, -0.25) is 0 Å². The van der Waals surface area contributed by atoms with Crippen LogP contribution in [0.5, 0.6) is 23.1 Å². The first-order valence-electron chi connectivity index (χ1n) is 14.7. The van der Waals surface area contributed by atoms with Crippen LogP contribution in [-0.4, -0.2) is 81.3 Å². The third-order valence-corrected chi connectivity index (χ3v) is 8.39. The summed E-state index contributed by atoms with van der Waals surface area (Å²) in [5.41, 5.74) is 4.59. The molecule has 3 heterocycles. The molecule has 2 aromatic heterocycles. The van der Waals surface area contributed by atoms with Gasteiger partial charge in [-0.05, 0) is 82.7 Å². The van der Waals surface area contributed by atoms with Gasteiger partial charge in [-0.1, -0.05) is 17.7 Å². The lowest BCUT2D eigenvalue weighted by molar-refractivity contribution is 0.117. The Morgan fingerprint density at radius 2 is 1.84 bits per heavy atom. The minimum atomic E-state index is -0.807. The third-order valence-electron chi connectivity index (χ3n) is 8.39. The number of likely N-dealkylation sites (tertiary alicyclic amines) is 1. The minimum Gasteiger partial charge on any atom is -0.504 e. The number of aryl methyl sites for hydroxylation is 2. The first-order valence-corrected chi connectivity index (χ1v) is 14.7. The molecule has 10 nitrogen and oxygen atoms in total. The Kier molecular flexibility index (Phi) is 7.81. The zero-order chi connectivity index (χ0) is 30.2. The SMILES string of the molecule is COc1ccc(NC[C@@H](O)COc2ccc(C)cc2C)c(-c2nc3cc4c(O)n(C5CCN(C)CC5)cc4cc3[nH]2)c1O. The van der Waals surface area contributed by atoms with Crippen molar-refractivity contribution in [2.24, 2.45) is 0 Å². The molecule has 1 fully saturated rings. The van der Waals surface area contributed by atoms with Gasteiger partial charge < -0.3 is 44.6 Å². The largest absolute Gasteiger partial charge is 0.504 e. The summed E-state index contributed by atoms with van der Waals surface area (Å²) in [5, 5.41) is 37.8. The van der Waals surface area contributed by atoms with E-state index in [1.165, 1.54) is 7.11 Å². The predicted octanol–water partition coefficient (Wildman–Crippen LogP) is 5.34. The summed E-state index contributed by atoms with van der Waals surface area (Å²) in [6, 6.07) is 13.5. The molecule has 3 aromatic carbocycles. The number of phenolic OH excluding ortho intramolecular Hbond substituents is 1. The van der Waals surface area contributed by atoms with Crippen LogP contribution in [0.25, 0.3) is 33.2 Å². The van der Waals surface area contributed by atoms with Crippen LogP contribution in [0.2, 0.25) is 0 Å². The number of hydrogen-bond acceptors (Lipinski definition) is 8. The van der Waals surface area contributed by atoms with Crippen LogP contribution in [0.4, 0.5) is 5.69 Å². The van der Waals surface area contributed by atoms with E-state index in [4.69, 9.17) is 14.5 Å². The molecule has 0 radical (unpaired) electrons. The fourth-order valence-corrected chi connectivity index (χ4v) is 5.95. The van der Waals surface area contributed by atoms with E-state index in [1.54, 1.807) is 12.1 Å². The fraction of sp³-hybridized carbons (Fsp3) is 0.364. The number of ether oxygens (including phenoxy) is 2. The molecule has 0 aliphatic carbocycles. The van der Waals surface area contributed by atoms with Crippen molar-refractivity contribution in [2.75, 3.05) is 45.7 Å². The van der Waals surface area contributed by atoms with Crippen molar-refractivity contribution in [3.63, 3.8) is 0 Å². The van der Waals surface area contributed by atoms with E-state index in [1.807, 2.05) is 54.9 Å². The topological polar surface area (TPSA) is 128 Å². The molecule has 43 heavy (non-hydrogen) atoms. The minimum absolute atomic E-state index is 0.0745. The maximum atomic E-state index is 11.2. The van der Waals surface area contributed by atoms with E-state index in [2.05, 4.69) is 22.2 Å². The van der Waals surface area contributed by atoms with Gasteiger partial charge in [0.05, 0.1) is 23.7 Å². The number of anilines is 1. The number of aromatic hydroxyl groups is 2. The van der Waals surface area contributed by atoms with Crippen LogP contribution in [-0.2, 0) is 0 Å². The van der Waals surface area contributed by atoms with Crippen molar-refractivity contribution in [3.8, 4) is 34.5 Å². The molecular weight excluding hydrogens is 546 g/mol. The zero-order valence-electron chi connectivity index (χ0n) is 25.0. The predicted molar refractivity (Wildman–Crippen MR) is 169 cm³/mol. The lowest BCUT2D eigenvalue weighted by atomic mass is 10.1. The zero-order valence-corrected chi connectivity index (χ0v) is 25.0. The first-order chi connectivity index (χ1) is 20.7. The number of rotatable bonds is 9. The van der Waals surface area contributed by atoms with Crippen molar-refractivity contribution < 1.29 is 24.8 Å². The van der Waals surface area contributed by atoms with Gasteiger partial charge >= 0.3 is 0 Å². The summed E-state index contributed by atoms with van der Waals surface area (Å²) in [6.07, 6.45) is 3.18. The summed E-state index contributed by atoms with van der Waals surface area (Å²) in [6.45, 7) is 6.29. The molecule has 226 valence electrons. The number of phenols is 1. The number of nitrogens with one attached hydrogen (secondary N) is 2. The number of hydrogen-bond donors (Lipinski definition) is 5. The van der Waals surface area contributed by atoms with Gasteiger partial charge in [0.2, 0.25) is 0 Å². The Bertz CT molecular complexity index is 1770. The van der Waals surface area contributed by atoms with Gasteiger partial charge in [-0.25, -0.2) is 4.98 Å². The van der Waals surface area contributed by atoms with Gasteiger partial charge in [-0.15, -0.1) is 0 Å². The molecule has 1 aliphatic heterocycles. The number of aromatic amines is 1. The number of aliphatic hydroxyl groups is 1. The van der Waals surface area contributed by atoms with Crippen molar-refractivity contribution in [2.45, 2.75) is 38.8 Å². The molecule has 5 aromatic rings. The van der Waals surface area contributed by atoms with Crippen LogP contribution in [0.15, 0.2) is 48.7 Å². The van der Waals surface area contributed by atoms with Crippen molar-refractivity contribution >= 4 is 27.5 Å². The number of nitrogens with zero attached hydrogens (tertiary/aromatic N) is 3. The highest BCUT2D eigenvalue weighted by atomic mass is 16.5.